The molecule has 0 spiro atoms. The molecule has 1 aliphatic rings. The third-order valence-corrected chi connectivity index (χ3v) is 5.68. The highest BCUT2D eigenvalue weighted by atomic mass is 19.2. The topological polar surface area (TPSA) is 53.1 Å². The van der Waals surface area contributed by atoms with Crippen LogP contribution in [0.2, 0.25) is 0 Å². The summed E-state index contributed by atoms with van der Waals surface area (Å²) >= 11 is 0. The summed E-state index contributed by atoms with van der Waals surface area (Å²) in [7, 11) is 1.53. The van der Waals surface area contributed by atoms with Crippen LogP contribution in [0.25, 0.3) is 0 Å². The van der Waals surface area contributed by atoms with Gasteiger partial charge in [-0.25, -0.2) is 8.78 Å². The van der Waals surface area contributed by atoms with E-state index in [1.54, 1.807) is 11.8 Å². The first-order chi connectivity index (χ1) is 14.8. The van der Waals surface area contributed by atoms with Crippen molar-refractivity contribution in [1.82, 2.24) is 9.80 Å². The van der Waals surface area contributed by atoms with Crippen molar-refractivity contribution in [1.29, 1.82) is 0 Å². The van der Waals surface area contributed by atoms with E-state index in [0.717, 1.165) is 38.1 Å². The van der Waals surface area contributed by atoms with Gasteiger partial charge in [0, 0.05) is 58.4 Å². The molecule has 0 unspecified atom stereocenters. The summed E-state index contributed by atoms with van der Waals surface area (Å²) in [5.41, 5.74) is 0.778. The standard InChI is InChI=1S/C23H35F2N3O3/c1-5-22(29)28-12-7-10-26(17(2)3)9-6-11-27(23(30)8-13-31-4)16-18-14-19(24)20(25)15-21(18)28/h14-15,17H,5-13,16H2,1-4H3. The molecule has 0 radical (unpaired) electrons. The minimum atomic E-state index is -0.999. The first kappa shape index (κ1) is 25.2. The second-order valence-corrected chi connectivity index (χ2v) is 8.19. The fourth-order valence-electron chi connectivity index (χ4n) is 3.90. The summed E-state index contributed by atoms with van der Waals surface area (Å²) in [5, 5.41) is 0. The van der Waals surface area contributed by atoms with Gasteiger partial charge in [-0.3, -0.25) is 9.59 Å². The molecule has 1 heterocycles. The predicted molar refractivity (Wildman–Crippen MR) is 117 cm³/mol. The summed E-state index contributed by atoms with van der Waals surface area (Å²) in [6, 6.07) is 2.53. The fraction of sp³-hybridized carbons (Fsp3) is 0.652. The minimum Gasteiger partial charge on any atom is -0.384 e. The molecular formula is C23H35F2N3O3. The predicted octanol–water partition coefficient (Wildman–Crippen LogP) is 3.58. The number of rotatable bonds is 5. The SMILES string of the molecule is CCC(=O)N1CCCN(C(C)C)CCCN(C(=O)CCOC)Cc2cc(F)c(F)cc21. The van der Waals surface area contributed by atoms with E-state index in [-0.39, 0.29) is 31.2 Å². The monoisotopic (exact) mass is 439 g/mol. The molecule has 0 bridgehead atoms. The molecule has 2 amide bonds. The number of carbonyl (C=O) groups is 2. The summed E-state index contributed by atoms with van der Waals surface area (Å²) in [4.78, 5) is 31.0. The maximum atomic E-state index is 14.2. The van der Waals surface area contributed by atoms with E-state index in [2.05, 4.69) is 18.7 Å². The third-order valence-electron chi connectivity index (χ3n) is 5.68. The summed E-state index contributed by atoms with van der Waals surface area (Å²) in [6.07, 6.45) is 1.95. The second-order valence-electron chi connectivity index (χ2n) is 8.19. The fourth-order valence-corrected chi connectivity index (χ4v) is 3.90. The Morgan fingerprint density at radius 3 is 2.29 bits per heavy atom. The number of anilines is 1. The van der Waals surface area contributed by atoms with Gasteiger partial charge in [0.15, 0.2) is 11.6 Å². The lowest BCUT2D eigenvalue weighted by Crippen LogP contribution is -2.40. The molecule has 0 atom stereocenters. The van der Waals surface area contributed by atoms with Gasteiger partial charge in [-0.1, -0.05) is 6.92 Å². The normalized spacial score (nSPS) is 16.6. The second kappa shape index (κ2) is 12.1. The maximum Gasteiger partial charge on any atom is 0.226 e. The number of ether oxygens (including phenoxy) is 1. The molecule has 31 heavy (non-hydrogen) atoms. The molecule has 0 aliphatic carbocycles. The van der Waals surface area contributed by atoms with Crippen LogP contribution in [-0.4, -0.2) is 67.6 Å². The van der Waals surface area contributed by atoms with E-state index in [1.807, 2.05) is 0 Å². The van der Waals surface area contributed by atoms with Crippen LogP contribution in [0.1, 0.15) is 52.0 Å². The van der Waals surface area contributed by atoms with Gasteiger partial charge in [-0.15, -0.1) is 0 Å². The van der Waals surface area contributed by atoms with Crippen molar-refractivity contribution < 1.29 is 23.1 Å². The number of hydrogen-bond donors (Lipinski definition) is 0. The van der Waals surface area contributed by atoms with Gasteiger partial charge in [-0.2, -0.15) is 0 Å². The Balaban J connectivity index is 2.47. The number of methoxy groups -OCH3 is 1. The number of fused-ring (bicyclic) bond motifs is 1. The molecule has 0 aromatic heterocycles. The van der Waals surface area contributed by atoms with Crippen LogP contribution in [0.15, 0.2) is 12.1 Å². The molecular weight excluding hydrogens is 404 g/mol. The van der Waals surface area contributed by atoms with E-state index in [0.29, 0.717) is 37.0 Å². The molecule has 1 aromatic rings. The maximum absolute atomic E-state index is 14.2. The number of halogens is 2. The van der Waals surface area contributed by atoms with Crippen molar-refractivity contribution in [2.45, 2.75) is 59.0 Å². The molecule has 2 rings (SSSR count). The highest BCUT2D eigenvalue weighted by Crippen LogP contribution is 2.27. The van der Waals surface area contributed by atoms with Gasteiger partial charge in [0.05, 0.1) is 18.7 Å². The third kappa shape index (κ3) is 6.97. The minimum absolute atomic E-state index is 0.112. The lowest BCUT2D eigenvalue weighted by atomic mass is 10.1. The van der Waals surface area contributed by atoms with Gasteiger partial charge in [-0.05, 0) is 38.3 Å². The van der Waals surface area contributed by atoms with Crippen LogP contribution in [0.3, 0.4) is 0 Å². The lowest BCUT2D eigenvalue weighted by Gasteiger charge is -2.33. The van der Waals surface area contributed by atoms with Crippen molar-refractivity contribution in [3.8, 4) is 0 Å². The number of carbonyl (C=O) groups excluding carboxylic acids is 2. The van der Waals surface area contributed by atoms with Crippen LogP contribution in [0.4, 0.5) is 14.5 Å². The molecule has 0 fully saturated rings. The molecule has 1 aromatic carbocycles. The molecule has 0 saturated heterocycles. The van der Waals surface area contributed by atoms with Gasteiger partial charge < -0.3 is 19.4 Å². The Morgan fingerprint density at radius 2 is 1.68 bits per heavy atom. The summed E-state index contributed by atoms with van der Waals surface area (Å²) < 4.78 is 33.4. The Hall–Kier alpha value is -2.06. The van der Waals surface area contributed by atoms with Crippen LogP contribution in [-0.2, 0) is 20.9 Å². The largest absolute Gasteiger partial charge is 0.384 e. The van der Waals surface area contributed by atoms with Gasteiger partial charge in [0.1, 0.15) is 0 Å². The highest BCUT2D eigenvalue weighted by molar-refractivity contribution is 5.94. The Kier molecular flexibility index (Phi) is 9.84. The van der Waals surface area contributed by atoms with E-state index >= 15 is 0 Å². The zero-order chi connectivity index (χ0) is 23.0. The number of nitrogens with zero attached hydrogens (tertiary/aromatic N) is 3. The number of hydrogen-bond acceptors (Lipinski definition) is 4. The van der Waals surface area contributed by atoms with E-state index in [9.17, 15) is 18.4 Å². The first-order valence-electron chi connectivity index (χ1n) is 11.1. The summed E-state index contributed by atoms with van der Waals surface area (Å²) in [5.74, 6) is -2.25. The van der Waals surface area contributed by atoms with Crippen LogP contribution in [0.5, 0.6) is 0 Å². The van der Waals surface area contributed by atoms with Crippen LogP contribution in [0, 0.1) is 11.6 Å². The smallest absolute Gasteiger partial charge is 0.226 e. The van der Waals surface area contributed by atoms with E-state index < -0.39 is 11.6 Å². The van der Waals surface area contributed by atoms with Crippen molar-refractivity contribution in [3.05, 3.63) is 29.3 Å². The van der Waals surface area contributed by atoms with Crippen LogP contribution < -0.4 is 4.90 Å². The Bertz CT molecular complexity index is 758. The quantitative estimate of drug-likeness (QED) is 0.704. The van der Waals surface area contributed by atoms with Crippen molar-refractivity contribution in [3.63, 3.8) is 0 Å². The summed E-state index contributed by atoms with van der Waals surface area (Å²) in [6.45, 7) is 8.89. The lowest BCUT2D eigenvalue weighted by molar-refractivity contribution is -0.132. The zero-order valence-electron chi connectivity index (χ0n) is 19.1. The van der Waals surface area contributed by atoms with Gasteiger partial charge >= 0.3 is 0 Å². The average molecular weight is 440 g/mol. The van der Waals surface area contributed by atoms with Crippen molar-refractivity contribution in [2.24, 2.45) is 0 Å². The van der Waals surface area contributed by atoms with E-state index in [4.69, 9.17) is 4.74 Å². The molecule has 6 nitrogen and oxygen atoms in total. The number of amides is 2. The molecule has 0 N–H and O–H groups in total. The van der Waals surface area contributed by atoms with Gasteiger partial charge in [0.25, 0.3) is 0 Å². The van der Waals surface area contributed by atoms with Crippen LogP contribution >= 0.6 is 0 Å². The first-order valence-corrected chi connectivity index (χ1v) is 11.1. The highest BCUT2D eigenvalue weighted by Gasteiger charge is 2.24. The zero-order valence-corrected chi connectivity index (χ0v) is 19.1. The molecule has 1 aliphatic heterocycles. The Labute approximate surface area is 184 Å². The average Bonchev–Trinajstić information content (AvgIpc) is 2.73. The number of benzene rings is 1. The molecule has 0 saturated carbocycles. The van der Waals surface area contributed by atoms with E-state index in [1.165, 1.54) is 12.0 Å². The Morgan fingerprint density at radius 1 is 1.03 bits per heavy atom. The molecule has 174 valence electrons. The van der Waals surface area contributed by atoms with Crippen molar-refractivity contribution in [2.75, 3.05) is 44.8 Å². The van der Waals surface area contributed by atoms with Gasteiger partial charge in [0.2, 0.25) is 11.8 Å². The molecule has 8 heteroatoms. The van der Waals surface area contributed by atoms with Crippen molar-refractivity contribution >= 4 is 17.5 Å².